The molecule has 1 unspecified atom stereocenters. The number of piperazine rings is 1. The van der Waals surface area contributed by atoms with Crippen molar-refractivity contribution in [3.05, 3.63) is 60.2 Å². The van der Waals surface area contributed by atoms with E-state index < -0.39 is 0 Å². The van der Waals surface area contributed by atoms with Crippen molar-refractivity contribution >= 4 is 5.69 Å². The minimum atomic E-state index is -0.131. The second kappa shape index (κ2) is 8.54. The van der Waals surface area contributed by atoms with Gasteiger partial charge >= 0.3 is 0 Å². The first-order valence-electron chi connectivity index (χ1n) is 9.50. The van der Waals surface area contributed by atoms with E-state index in [0.29, 0.717) is 0 Å². The number of rotatable bonds is 5. The lowest BCUT2D eigenvalue weighted by atomic mass is 10.0. The molecule has 2 heterocycles. The summed E-state index contributed by atoms with van der Waals surface area (Å²) < 4.78 is 12.6. The topological polar surface area (TPSA) is 45.8 Å². The van der Waals surface area contributed by atoms with Crippen molar-refractivity contribution in [3.8, 4) is 5.75 Å². The molecule has 2 N–H and O–H groups in total. The summed E-state index contributed by atoms with van der Waals surface area (Å²) in [7, 11) is 0. The first-order chi connectivity index (χ1) is 12.9. The highest BCUT2D eigenvalue weighted by Crippen LogP contribution is 2.34. The molecule has 0 spiro atoms. The van der Waals surface area contributed by atoms with Crippen LogP contribution in [0.5, 0.6) is 5.75 Å². The minimum absolute atomic E-state index is 0.00206. The maximum atomic E-state index is 6.60. The summed E-state index contributed by atoms with van der Waals surface area (Å²) in [5.74, 6) is 0.928. The van der Waals surface area contributed by atoms with E-state index in [1.807, 2.05) is 12.1 Å². The van der Waals surface area contributed by atoms with Crippen LogP contribution >= 0.6 is 0 Å². The SMILES string of the molecule is c1ccc([C@H](Oc2ccccc2N2CCNCC2)C2CNCCO2)cc1. The van der Waals surface area contributed by atoms with Crippen molar-refractivity contribution in [1.29, 1.82) is 0 Å². The van der Waals surface area contributed by atoms with E-state index in [0.717, 1.165) is 57.2 Å². The van der Waals surface area contributed by atoms with Gasteiger partial charge in [-0.05, 0) is 17.7 Å². The van der Waals surface area contributed by atoms with Crippen LogP contribution in [0.3, 0.4) is 0 Å². The monoisotopic (exact) mass is 353 g/mol. The highest BCUT2D eigenvalue weighted by Gasteiger charge is 2.29. The van der Waals surface area contributed by atoms with Crippen LogP contribution in [0.25, 0.3) is 0 Å². The van der Waals surface area contributed by atoms with Crippen LogP contribution in [-0.4, -0.2) is 52.0 Å². The van der Waals surface area contributed by atoms with Crippen molar-refractivity contribution < 1.29 is 9.47 Å². The first kappa shape index (κ1) is 17.3. The Labute approximate surface area is 155 Å². The summed E-state index contributed by atoms with van der Waals surface area (Å²) in [6, 6.07) is 18.8. The van der Waals surface area contributed by atoms with Crippen molar-refractivity contribution in [2.45, 2.75) is 12.2 Å². The average molecular weight is 353 g/mol. The number of nitrogens with one attached hydrogen (secondary N) is 2. The summed E-state index contributed by atoms with van der Waals surface area (Å²) in [6.45, 7) is 6.43. The van der Waals surface area contributed by atoms with Crippen molar-refractivity contribution in [1.82, 2.24) is 10.6 Å². The van der Waals surface area contributed by atoms with Crippen LogP contribution in [-0.2, 0) is 4.74 Å². The van der Waals surface area contributed by atoms with Gasteiger partial charge in [-0.2, -0.15) is 0 Å². The summed E-state index contributed by atoms with van der Waals surface area (Å²) in [4.78, 5) is 2.40. The van der Waals surface area contributed by atoms with Gasteiger partial charge < -0.3 is 25.0 Å². The zero-order valence-corrected chi connectivity index (χ0v) is 15.1. The van der Waals surface area contributed by atoms with Crippen LogP contribution in [0.4, 0.5) is 5.69 Å². The zero-order valence-electron chi connectivity index (χ0n) is 15.1. The molecule has 2 aromatic rings. The van der Waals surface area contributed by atoms with E-state index in [-0.39, 0.29) is 12.2 Å². The Balaban J connectivity index is 1.61. The number of anilines is 1. The fraction of sp³-hybridized carbons (Fsp3) is 0.429. The maximum absolute atomic E-state index is 6.60. The molecule has 4 rings (SSSR count). The Morgan fingerprint density at radius 2 is 1.69 bits per heavy atom. The van der Waals surface area contributed by atoms with Crippen LogP contribution in [0, 0.1) is 0 Å². The summed E-state index contributed by atoms with van der Waals surface area (Å²) >= 11 is 0. The molecule has 0 aromatic heterocycles. The molecular weight excluding hydrogens is 326 g/mol. The Morgan fingerprint density at radius 1 is 0.923 bits per heavy atom. The Bertz CT molecular complexity index is 683. The van der Waals surface area contributed by atoms with E-state index >= 15 is 0 Å². The van der Waals surface area contributed by atoms with Gasteiger partial charge in [-0.3, -0.25) is 0 Å². The summed E-state index contributed by atoms with van der Waals surface area (Å²) in [5.41, 5.74) is 2.31. The lowest BCUT2D eigenvalue weighted by Gasteiger charge is -2.34. The van der Waals surface area contributed by atoms with E-state index in [1.54, 1.807) is 0 Å². The molecule has 0 saturated carbocycles. The van der Waals surface area contributed by atoms with Gasteiger partial charge in [-0.1, -0.05) is 42.5 Å². The molecule has 26 heavy (non-hydrogen) atoms. The van der Waals surface area contributed by atoms with Crippen molar-refractivity contribution in [2.24, 2.45) is 0 Å². The number of hydrogen-bond donors (Lipinski definition) is 2. The molecule has 0 bridgehead atoms. The average Bonchev–Trinajstić information content (AvgIpc) is 2.74. The van der Waals surface area contributed by atoms with E-state index in [9.17, 15) is 0 Å². The van der Waals surface area contributed by atoms with Gasteiger partial charge in [0.05, 0.1) is 12.3 Å². The molecule has 2 aliphatic rings. The van der Waals surface area contributed by atoms with Gasteiger partial charge in [0.2, 0.25) is 0 Å². The van der Waals surface area contributed by atoms with Crippen LogP contribution < -0.4 is 20.3 Å². The second-order valence-electron chi connectivity index (χ2n) is 6.77. The Hall–Kier alpha value is -2.08. The second-order valence-corrected chi connectivity index (χ2v) is 6.77. The number of morpholine rings is 1. The van der Waals surface area contributed by atoms with Gasteiger partial charge in [-0.25, -0.2) is 0 Å². The van der Waals surface area contributed by atoms with Gasteiger partial charge in [0.1, 0.15) is 11.9 Å². The number of para-hydroxylation sites is 2. The smallest absolute Gasteiger partial charge is 0.151 e. The quantitative estimate of drug-likeness (QED) is 0.863. The molecule has 5 nitrogen and oxygen atoms in total. The molecule has 2 fully saturated rings. The third kappa shape index (κ3) is 4.01. The molecule has 2 saturated heterocycles. The van der Waals surface area contributed by atoms with Gasteiger partial charge in [0, 0.05) is 39.3 Å². The van der Waals surface area contributed by atoms with Crippen LogP contribution in [0.15, 0.2) is 54.6 Å². The van der Waals surface area contributed by atoms with E-state index in [4.69, 9.17) is 9.47 Å². The van der Waals surface area contributed by atoms with Crippen molar-refractivity contribution in [2.75, 3.05) is 50.8 Å². The zero-order chi connectivity index (χ0) is 17.6. The standard InChI is InChI=1S/C21H27N3O2/c1-2-6-17(7-3-1)21(20-16-23-12-15-25-20)26-19-9-5-4-8-18(19)24-13-10-22-11-14-24/h1-9,20-23H,10-16H2/t20?,21-/m0/s1. The molecule has 2 aliphatic heterocycles. The third-order valence-corrected chi connectivity index (χ3v) is 5.00. The largest absolute Gasteiger partial charge is 0.481 e. The lowest BCUT2D eigenvalue weighted by Crippen LogP contribution is -2.44. The predicted octanol–water partition coefficient (Wildman–Crippen LogP) is 2.20. The lowest BCUT2D eigenvalue weighted by molar-refractivity contribution is -0.0431. The molecule has 0 amide bonds. The molecular formula is C21H27N3O2. The summed E-state index contributed by atoms with van der Waals surface area (Å²) in [5, 5.41) is 6.84. The highest BCUT2D eigenvalue weighted by atomic mass is 16.5. The molecule has 0 radical (unpaired) electrons. The fourth-order valence-electron chi connectivity index (χ4n) is 3.64. The first-order valence-corrected chi connectivity index (χ1v) is 9.50. The maximum Gasteiger partial charge on any atom is 0.151 e. The van der Waals surface area contributed by atoms with Crippen LogP contribution in [0.1, 0.15) is 11.7 Å². The van der Waals surface area contributed by atoms with Gasteiger partial charge in [0.25, 0.3) is 0 Å². The normalized spacial score (nSPS) is 22.0. The molecule has 0 aliphatic carbocycles. The van der Waals surface area contributed by atoms with E-state index in [1.165, 1.54) is 5.69 Å². The Kier molecular flexibility index (Phi) is 5.69. The number of nitrogens with zero attached hydrogens (tertiary/aromatic N) is 1. The molecule has 5 heteroatoms. The molecule has 2 aromatic carbocycles. The third-order valence-electron chi connectivity index (χ3n) is 5.00. The van der Waals surface area contributed by atoms with Crippen molar-refractivity contribution in [3.63, 3.8) is 0 Å². The molecule has 138 valence electrons. The number of ether oxygens (including phenoxy) is 2. The van der Waals surface area contributed by atoms with E-state index in [2.05, 4.69) is 58.0 Å². The number of hydrogen-bond acceptors (Lipinski definition) is 5. The highest BCUT2D eigenvalue weighted by molar-refractivity contribution is 5.59. The molecule has 2 atom stereocenters. The predicted molar refractivity (Wildman–Crippen MR) is 104 cm³/mol. The summed E-state index contributed by atoms with van der Waals surface area (Å²) in [6.07, 6.45) is -0.129. The fourth-order valence-corrected chi connectivity index (χ4v) is 3.64. The Morgan fingerprint density at radius 3 is 2.46 bits per heavy atom. The van der Waals surface area contributed by atoms with Gasteiger partial charge in [-0.15, -0.1) is 0 Å². The minimum Gasteiger partial charge on any atom is -0.481 e. The van der Waals surface area contributed by atoms with Gasteiger partial charge in [0.15, 0.2) is 6.10 Å². The number of benzene rings is 2. The van der Waals surface area contributed by atoms with Crippen LogP contribution in [0.2, 0.25) is 0 Å².